The predicted octanol–water partition coefficient (Wildman–Crippen LogP) is 14.6. The first-order chi connectivity index (χ1) is 26.4. The molecule has 8 aromatic carbocycles. The zero-order valence-corrected chi connectivity index (χ0v) is 30.9. The molecule has 54 heavy (non-hydrogen) atoms. The minimum atomic E-state index is 0.0963. The number of aromatic nitrogens is 1. The van der Waals surface area contributed by atoms with Gasteiger partial charge in [0.05, 0.1) is 16.7 Å². The van der Waals surface area contributed by atoms with Crippen molar-refractivity contribution in [1.29, 1.82) is 0 Å². The van der Waals surface area contributed by atoms with Crippen LogP contribution >= 0.6 is 0 Å². The normalized spacial score (nSPS) is 11.6. The van der Waals surface area contributed by atoms with Gasteiger partial charge in [-0.1, -0.05) is 172 Å². The Balaban J connectivity index is 1.16. The van der Waals surface area contributed by atoms with E-state index < -0.39 is 0 Å². The molecule has 0 spiro atoms. The largest absolute Gasteiger partial charge is 0.311 e. The first-order valence-corrected chi connectivity index (χ1v) is 18.8. The Kier molecular flexibility index (Phi) is 8.44. The number of para-hydroxylation sites is 4. The standard InChI is InChI=1S/C52H42N2/c1-52(2,3)41-31-25-40(26-32-41)46-21-14-22-48-47-20-11-13-24-50(47)54(51(46)48)49-23-12-10-19-45(49)39-29-35-44(36-30-39)53(42-17-8-5-9-18-42)43-33-27-38(28-34-43)37-15-6-4-7-16-37/h4-36H,1-3H3. The molecule has 0 saturated heterocycles. The molecule has 0 saturated carbocycles. The maximum atomic E-state index is 2.48. The summed E-state index contributed by atoms with van der Waals surface area (Å²) in [7, 11) is 0. The van der Waals surface area contributed by atoms with Gasteiger partial charge < -0.3 is 9.47 Å². The topological polar surface area (TPSA) is 8.17 Å². The highest BCUT2D eigenvalue weighted by Gasteiger charge is 2.20. The quantitative estimate of drug-likeness (QED) is 0.161. The van der Waals surface area contributed by atoms with Gasteiger partial charge in [-0.2, -0.15) is 0 Å². The van der Waals surface area contributed by atoms with Crippen LogP contribution in [0.2, 0.25) is 0 Å². The lowest BCUT2D eigenvalue weighted by Gasteiger charge is -2.26. The van der Waals surface area contributed by atoms with Crippen LogP contribution in [0.5, 0.6) is 0 Å². The Bertz CT molecular complexity index is 2700. The minimum absolute atomic E-state index is 0.0963. The van der Waals surface area contributed by atoms with E-state index in [0.29, 0.717) is 0 Å². The third-order valence-corrected chi connectivity index (χ3v) is 10.6. The second-order valence-corrected chi connectivity index (χ2v) is 15.0. The molecule has 0 aliphatic carbocycles. The van der Waals surface area contributed by atoms with E-state index in [1.165, 1.54) is 60.8 Å². The highest BCUT2D eigenvalue weighted by atomic mass is 15.1. The second kappa shape index (κ2) is 13.7. The van der Waals surface area contributed by atoms with Gasteiger partial charge >= 0.3 is 0 Å². The van der Waals surface area contributed by atoms with Crippen molar-refractivity contribution in [2.75, 3.05) is 4.90 Å². The third-order valence-electron chi connectivity index (χ3n) is 10.6. The number of fused-ring (bicyclic) bond motifs is 3. The van der Waals surface area contributed by atoms with Crippen LogP contribution in [0.25, 0.3) is 60.9 Å². The van der Waals surface area contributed by atoms with Crippen molar-refractivity contribution in [1.82, 2.24) is 4.57 Å². The summed E-state index contributed by atoms with van der Waals surface area (Å²) in [6, 6.07) is 72.6. The maximum absolute atomic E-state index is 2.48. The van der Waals surface area contributed by atoms with Gasteiger partial charge in [0.25, 0.3) is 0 Å². The molecule has 0 unspecified atom stereocenters. The smallest absolute Gasteiger partial charge is 0.0619 e. The van der Waals surface area contributed by atoms with E-state index in [1.54, 1.807) is 0 Å². The van der Waals surface area contributed by atoms with Gasteiger partial charge in [0.15, 0.2) is 0 Å². The molecule has 9 rings (SSSR count). The molecule has 0 N–H and O–H groups in total. The molecule has 260 valence electrons. The summed E-state index contributed by atoms with van der Waals surface area (Å²) in [6.07, 6.45) is 0. The number of hydrogen-bond donors (Lipinski definition) is 0. The molecule has 0 bridgehead atoms. The highest BCUT2D eigenvalue weighted by molar-refractivity contribution is 6.14. The van der Waals surface area contributed by atoms with Crippen LogP contribution in [-0.2, 0) is 5.41 Å². The van der Waals surface area contributed by atoms with Gasteiger partial charge in [-0.05, 0) is 81.8 Å². The summed E-state index contributed by atoms with van der Waals surface area (Å²) in [6.45, 7) is 6.81. The van der Waals surface area contributed by atoms with Crippen molar-refractivity contribution in [3.63, 3.8) is 0 Å². The zero-order valence-electron chi connectivity index (χ0n) is 30.9. The van der Waals surface area contributed by atoms with Crippen molar-refractivity contribution in [2.45, 2.75) is 26.2 Å². The van der Waals surface area contributed by atoms with Crippen molar-refractivity contribution in [2.24, 2.45) is 0 Å². The Labute approximate surface area is 318 Å². The average molecular weight is 695 g/mol. The van der Waals surface area contributed by atoms with E-state index in [1.807, 2.05) is 0 Å². The molecule has 0 radical (unpaired) electrons. The lowest BCUT2D eigenvalue weighted by atomic mass is 9.86. The number of anilines is 3. The average Bonchev–Trinajstić information content (AvgIpc) is 3.56. The Morgan fingerprint density at radius 2 is 0.852 bits per heavy atom. The van der Waals surface area contributed by atoms with Crippen LogP contribution in [0.3, 0.4) is 0 Å². The van der Waals surface area contributed by atoms with E-state index >= 15 is 0 Å². The van der Waals surface area contributed by atoms with Crippen molar-refractivity contribution in [3.05, 3.63) is 206 Å². The zero-order chi connectivity index (χ0) is 36.6. The first-order valence-electron chi connectivity index (χ1n) is 18.8. The number of rotatable bonds is 7. The molecule has 2 nitrogen and oxygen atoms in total. The lowest BCUT2D eigenvalue weighted by Crippen LogP contribution is -2.10. The number of nitrogens with zero attached hydrogens (tertiary/aromatic N) is 2. The summed E-state index contributed by atoms with van der Waals surface area (Å²) in [5.41, 5.74) is 15.6. The molecule has 0 aliphatic rings. The summed E-state index contributed by atoms with van der Waals surface area (Å²) in [5.74, 6) is 0. The van der Waals surface area contributed by atoms with Crippen LogP contribution in [0, 0.1) is 0 Å². The van der Waals surface area contributed by atoms with E-state index in [2.05, 4.69) is 230 Å². The molecule has 0 atom stereocenters. The van der Waals surface area contributed by atoms with Gasteiger partial charge in [-0.3, -0.25) is 0 Å². The Hall–Kier alpha value is -6.64. The second-order valence-electron chi connectivity index (χ2n) is 15.0. The lowest BCUT2D eigenvalue weighted by molar-refractivity contribution is 0.590. The van der Waals surface area contributed by atoms with Crippen LogP contribution in [0.4, 0.5) is 17.1 Å². The SMILES string of the molecule is CC(C)(C)c1ccc(-c2cccc3c4ccccc4n(-c4ccccc4-c4ccc(N(c5ccccc5)c5ccc(-c6ccccc6)cc5)cc4)c23)cc1. The first kappa shape index (κ1) is 33.2. The summed E-state index contributed by atoms with van der Waals surface area (Å²) < 4.78 is 2.48. The molecule has 9 aromatic rings. The molecule has 2 heteroatoms. The monoisotopic (exact) mass is 694 g/mol. The van der Waals surface area contributed by atoms with Crippen molar-refractivity contribution < 1.29 is 0 Å². The van der Waals surface area contributed by atoms with Crippen LogP contribution in [0.15, 0.2) is 200 Å². The van der Waals surface area contributed by atoms with Crippen LogP contribution in [-0.4, -0.2) is 4.57 Å². The van der Waals surface area contributed by atoms with Crippen molar-refractivity contribution in [3.8, 4) is 39.1 Å². The van der Waals surface area contributed by atoms with E-state index in [4.69, 9.17) is 0 Å². The third kappa shape index (κ3) is 6.06. The van der Waals surface area contributed by atoms with Crippen LogP contribution in [0.1, 0.15) is 26.3 Å². The molecular formula is C52H42N2. The molecule has 1 aromatic heterocycles. The number of hydrogen-bond acceptors (Lipinski definition) is 1. The fourth-order valence-electron chi connectivity index (χ4n) is 7.81. The van der Waals surface area contributed by atoms with Gasteiger partial charge in [-0.15, -0.1) is 0 Å². The van der Waals surface area contributed by atoms with Gasteiger partial charge in [-0.25, -0.2) is 0 Å². The summed E-state index contributed by atoms with van der Waals surface area (Å²) in [5, 5.41) is 2.51. The maximum Gasteiger partial charge on any atom is 0.0619 e. The molecule has 0 aliphatic heterocycles. The molecule has 0 amide bonds. The molecular weight excluding hydrogens is 653 g/mol. The predicted molar refractivity (Wildman–Crippen MR) is 230 cm³/mol. The van der Waals surface area contributed by atoms with Crippen LogP contribution < -0.4 is 4.90 Å². The molecule has 1 heterocycles. The van der Waals surface area contributed by atoms with E-state index in [-0.39, 0.29) is 5.41 Å². The summed E-state index contributed by atoms with van der Waals surface area (Å²) in [4.78, 5) is 2.33. The summed E-state index contributed by atoms with van der Waals surface area (Å²) >= 11 is 0. The Morgan fingerprint density at radius 3 is 1.54 bits per heavy atom. The van der Waals surface area contributed by atoms with E-state index in [0.717, 1.165) is 22.7 Å². The highest BCUT2D eigenvalue weighted by Crippen LogP contribution is 2.42. The minimum Gasteiger partial charge on any atom is -0.311 e. The van der Waals surface area contributed by atoms with Crippen molar-refractivity contribution >= 4 is 38.9 Å². The number of benzene rings is 8. The molecule has 0 fully saturated rings. The van der Waals surface area contributed by atoms with Gasteiger partial charge in [0.2, 0.25) is 0 Å². The fourth-order valence-corrected chi connectivity index (χ4v) is 7.81. The van der Waals surface area contributed by atoms with Gasteiger partial charge in [0.1, 0.15) is 0 Å². The van der Waals surface area contributed by atoms with E-state index in [9.17, 15) is 0 Å². The fraction of sp³-hybridized carbons (Fsp3) is 0.0769. The Morgan fingerprint density at radius 1 is 0.370 bits per heavy atom. The van der Waals surface area contributed by atoms with Gasteiger partial charge in [0, 0.05) is 39.0 Å².